The highest BCUT2D eigenvalue weighted by atomic mass is 32.2. The van der Waals surface area contributed by atoms with Gasteiger partial charge in [-0.3, -0.25) is 0 Å². The van der Waals surface area contributed by atoms with Crippen LogP contribution in [0.15, 0.2) is 36.4 Å². The van der Waals surface area contributed by atoms with Gasteiger partial charge in [0.2, 0.25) is 0 Å². The summed E-state index contributed by atoms with van der Waals surface area (Å²) in [6.07, 6.45) is 4.35. The van der Waals surface area contributed by atoms with Crippen molar-refractivity contribution in [1.29, 1.82) is 0 Å². The van der Waals surface area contributed by atoms with E-state index in [-0.39, 0.29) is 34.1 Å². The molecule has 0 amide bonds. The summed E-state index contributed by atoms with van der Waals surface area (Å²) in [5.74, 6) is -0.794. The zero-order valence-electron chi connectivity index (χ0n) is 21.9. The van der Waals surface area contributed by atoms with Gasteiger partial charge < -0.3 is 31.1 Å². The molecule has 10 nitrogen and oxygen atoms in total. The second kappa shape index (κ2) is 14.8. The lowest BCUT2D eigenvalue weighted by molar-refractivity contribution is 0.173. The van der Waals surface area contributed by atoms with Gasteiger partial charge in [-0.15, -0.1) is 0 Å². The summed E-state index contributed by atoms with van der Waals surface area (Å²) in [5, 5.41) is 46.8. The summed E-state index contributed by atoms with van der Waals surface area (Å²) < 4.78 is 46.0. The Labute approximate surface area is 225 Å². The number of benzene rings is 2. The summed E-state index contributed by atoms with van der Waals surface area (Å²) in [6.45, 7) is 2.06. The van der Waals surface area contributed by atoms with Crippen LogP contribution in [-0.4, -0.2) is 76.0 Å². The molecule has 0 bridgehead atoms. The van der Waals surface area contributed by atoms with Crippen LogP contribution in [0.2, 0.25) is 0 Å². The number of rotatable bonds is 17. The molecule has 38 heavy (non-hydrogen) atoms. The van der Waals surface area contributed by atoms with Crippen molar-refractivity contribution < 1.29 is 37.3 Å². The minimum Gasteiger partial charge on any atom is -0.508 e. The van der Waals surface area contributed by atoms with Gasteiger partial charge in [-0.2, -0.15) is 0 Å². The quantitative estimate of drug-likeness (QED) is 0.153. The number of sulfone groups is 2. The summed E-state index contributed by atoms with van der Waals surface area (Å²) in [7, 11) is -6.61. The molecule has 0 radical (unpaired) electrons. The molecule has 2 unspecified atom stereocenters. The third-order valence-corrected chi connectivity index (χ3v) is 7.62. The van der Waals surface area contributed by atoms with Gasteiger partial charge in [0.15, 0.2) is 19.7 Å². The predicted molar refractivity (Wildman–Crippen MR) is 147 cm³/mol. The molecule has 12 heteroatoms. The summed E-state index contributed by atoms with van der Waals surface area (Å²) >= 11 is 0. The van der Waals surface area contributed by atoms with Crippen molar-refractivity contribution in [3.05, 3.63) is 58.7 Å². The zero-order chi connectivity index (χ0) is 28.3. The minimum absolute atomic E-state index is 0.109. The summed E-state index contributed by atoms with van der Waals surface area (Å²) in [4.78, 5) is 0. The molecule has 0 aliphatic heterocycles. The maximum atomic E-state index is 11.5. The van der Waals surface area contributed by atoms with Crippen molar-refractivity contribution in [1.82, 2.24) is 10.6 Å². The number of aromatic hydroxyl groups is 2. The molecule has 2 aromatic carbocycles. The van der Waals surface area contributed by atoms with Crippen molar-refractivity contribution in [3.8, 4) is 11.5 Å². The Morgan fingerprint density at radius 3 is 1.37 bits per heavy atom. The van der Waals surface area contributed by atoms with Crippen LogP contribution < -0.4 is 10.6 Å². The fourth-order valence-electron chi connectivity index (χ4n) is 3.99. The van der Waals surface area contributed by atoms with E-state index in [0.717, 1.165) is 38.2 Å². The second-order valence-electron chi connectivity index (χ2n) is 9.77. The normalized spacial score (nSPS) is 13.9. The van der Waals surface area contributed by atoms with E-state index in [2.05, 4.69) is 10.6 Å². The lowest BCUT2D eigenvalue weighted by Gasteiger charge is -2.15. The monoisotopic (exact) mass is 572 g/mol. The Bertz CT molecular complexity index is 1150. The Kier molecular flexibility index (Phi) is 12.5. The molecule has 0 aromatic heterocycles. The maximum Gasteiger partial charge on any atom is 0.151 e. The lowest BCUT2D eigenvalue weighted by Crippen LogP contribution is -2.23. The fourth-order valence-corrected chi connectivity index (χ4v) is 5.58. The van der Waals surface area contributed by atoms with E-state index in [9.17, 15) is 37.3 Å². The molecule has 0 saturated carbocycles. The zero-order valence-corrected chi connectivity index (χ0v) is 23.6. The molecule has 214 valence electrons. The largest absolute Gasteiger partial charge is 0.508 e. The number of unbranched alkanes of at least 4 members (excludes halogenated alkanes) is 3. The van der Waals surface area contributed by atoms with Crippen LogP contribution >= 0.6 is 0 Å². The first-order chi connectivity index (χ1) is 17.7. The smallest absolute Gasteiger partial charge is 0.151 e. The number of phenolic OH excluding ortho intramolecular Hbond substituents is 2. The number of phenols is 2. The highest BCUT2D eigenvalue weighted by molar-refractivity contribution is 7.90. The van der Waals surface area contributed by atoms with E-state index < -0.39 is 31.9 Å². The first-order valence-electron chi connectivity index (χ1n) is 12.5. The van der Waals surface area contributed by atoms with Crippen LogP contribution in [0.25, 0.3) is 0 Å². The predicted octanol–water partition coefficient (Wildman–Crippen LogP) is 1.69. The molecule has 0 heterocycles. The molecule has 6 N–H and O–H groups in total. The Morgan fingerprint density at radius 2 is 1.03 bits per heavy atom. The van der Waals surface area contributed by atoms with Crippen molar-refractivity contribution in [3.63, 3.8) is 0 Å². The Balaban J connectivity index is 1.60. The van der Waals surface area contributed by atoms with Gasteiger partial charge in [0.1, 0.15) is 11.5 Å². The molecular weight excluding hydrogens is 532 g/mol. The number of aliphatic hydroxyl groups excluding tert-OH is 2. The highest BCUT2D eigenvalue weighted by Crippen LogP contribution is 2.25. The van der Waals surface area contributed by atoms with Crippen LogP contribution in [0.5, 0.6) is 11.5 Å². The van der Waals surface area contributed by atoms with Crippen LogP contribution in [0, 0.1) is 0 Å². The average Bonchev–Trinajstić information content (AvgIpc) is 2.81. The minimum atomic E-state index is -3.30. The molecule has 0 aliphatic rings. The fraction of sp³-hybridized carbons (Fsp3) is 0.538. The van der Waals surface area contributed by atoms with Crippen LogP contribution in [0.3, 0.4) is 0 Å². The summed E-state index contributed by atoms with van der Waals surface area (Å²) in [6, 6.07) is 8.98. The lowest BCUT2D eigenvalue weighted by atomic mass is 10.1. The average molecular weight is 573 g/mol. The second-order valence-corrected chi connectivity index (χ2v) is 14.1. The molecule has 2 rings (SSSR count). The Morgan fingerprint density at radius 1 is 0.658 bits per heavy atom. The van der Waals surface area contributed by atoms with Gasteiger partial charge in [0.05, 0.1) is 23.7 Å². The highest BCUT2D eigenvalue weighted by Gasteiger charge is 2.15. The van der Waals surface area contributed by atoms with Crippen LogP contribution in [0.4, 0.5) is 0 Å². The maximum absolute atomic E-state index is 11.5. The van der Waals surface area contributed by atoms with Gasteiger partial charge in [0, 0.05) is 36.7 Å². The van der Waals surface area contributed by atoms with Crippen molar-refractivity contribution in [2.75, 3.05) is 38.7 Å². The van der Waals surface area contributed by atoms with Crippen LogP contribution in [0.1, 0.15) is 60.1 Å². The van der Waals surface area contributed by atoms with Gasteiger partial charge in [-0.25, -0.2) is 16.8 Å². The van der Waals surface area contributed by atoms with Crippen molar-refractivity contribution >= 4 is 19.7 Å². The standard InChI is InChI=1S/C26H40N2O8S2/c1-37(33,34)17-21-13-19(7-9-23(21)29)25(31)15-27-11-5-3-4-6-12-28-16-26(32)20-8-10-24(30)22(14-20)18-38(2,35)36/h7-10,13-14,25-32H,3-6,11-12,15-18H2,1-2H3. The van der Waals surface area contributed by atoms with E-state index >= 15 is 0 Å². The summed E-state index contributed by atoms with van der Waals surface area (Å²) in [5.41, 5.74) is 1.62. The van der Waals surface area contributed by atoms with E-state index in [1.165, 1.54) is 24.3 Å². The first kappa shape index (κ1) is 32.0. The molecule has 0 spiro atoms. The van der Waals surface area contributed by atoms with Gasteiger partial charge >= 0.3 is 0 Å². The van der Waals surface area contributed by atoms with Gasteiger partial charge in [-0.1, -0.05) is 25.0 Å². The molecule has 0 aliphatic carbocycles. The number of nitrogens with one attached hydrogen (secondary N) is 2. The van der Waals surface area contributed by atoms with E-state index in [1.54, 1.807) is 12.1 Å². The topological polar surface area (TPSA) is 173 Å². The van der Waals surface area contributed by atoms with Crippen molar-refractivity contribution in [2.24, 2.45) is 0 Å². The van der Waals surface area contributed by atoms with Gasteiger partial charge in [-0.05, 0) is 61.3 Å². The van der Waals surface area contributed by atoms with Crippen LogP contribution in [-0.2, 0) is 31.2 Å². The van der Waals surface area contributed by atoms with Gasteiger partial charge in [0.25, 0.3) is 0 Å². The van der Waals surface area contributed by atoms with Crippen molar-refractivity contribution in [2.45, 2.75) is 49.4 Å². The molecular formula is C26H40N2O8S2. The first-order valence-corrected chi connectivity index (χ1v) is 16.6. The van der Waals surface area contributed by atoms with E-state index in [0.29, 0.717) is 37.3 Å². The van der Waals surface area contributed by atoms with E-state index in [1.807, 2.05) is 0 Å². The SMILES string of the molecule is CS(=O)(=O)Cc1cc(C(O)CNCCCCCCNCC(O)c2ccc(O)c(CS(C)(=O)=O)c2)ccc1O. The van der Waals surface area contributed by atoms with E-state index in [4.69, 9.17) is 0 Å². The molecule has 2 atom stereocenters. The number of hydrogen-bond acceptors (Lipinski definition) is 10. The molecule has 0 fully saturated rings. The molecule has 0 saturated heterocycles. The third-order valence-electron chi connectivity index (χ3n) is 5.94. The number of hydrogen-bond donors (Lipinski definition) is 6. The molecule has 2 aromatic rings. The third kappa shape index (κ3) is 12.1. The number of aliphatic hydroxyl groups is 2. The Hall–Kier alpha value is -2.22.